The van der Waals surface area contributed by atoms with Crippen LogP contribution in [0, 0.1) is 5.92 Å². The van der Waals surface area contributed by atoms with Crippen LogP contribution in [-0.4, -0.2) is 53.8 Å². The first-order chi connectivity index (χ1) is 14.8. The third kappa shape index (κ3) is 4.30. The largest absolute Gasteiger partial charge is 0.419 e. The number of aryl methyl sites for hydroxylation is 1. The Bertz CT molecular complexity index is 1110. The number of piperidine rings is 2. The third-order valence-corrected chi connectivity index (χ3v) is 8.75. The standard InChI is InChI=1S/C22H31N3O5S/c1-3-17-6-4-5-11-25(17)21(26)14-16-9-12-24(13-10-16)31(28,29)18-7-8-19-20(15-18)30-22(27)23(19)2/h7-8,15-17H,3-6,9-14H2,1-2H3/t17-/m1/s1. The van der Waals surface area contributed by atoms with E-state index < -0.39 is 15.8 Å². The molecule has 8 nitrogen and oxygen atoms in total. The first-order valence-corrected chi connectivity index (χ1v) is 12.6. The average Bonchev–Trinajstić information content (AvgIpc) is 3.07. The number of aromatic nitrogens is 1. The molecule has 2 aromatic rings. The highest BCUT2D eigenvalue weighted by molar-refractivity contribution is 7.89. The second kappa shape index (κ2) is 8.78. The molecule has 0 N–H and O–H groups in total. The molecular weight excluding hydrogens is 418 g/mol. The topological polar surface area (TPSA) is 92.8 Å². The van der Waals surface area contributed by atoms with Gasteiger partial charge in [-0.1, -0.05) is 6.92 Å². The summed E-state index contributed by atoms with van der Waals surface area (Å²) in [6, 6.07) is 4.89. The molecule has 170 valence electrons. The highest BCUT2D eigenvalue weighted by Gasteiger charge is 2.32. The Balaban J connectivity index is 1.40. The van der Waals surface area contributed by atoms with Crippen LogP contribution < -0.4 is 5.76 Å². The number of benzene rings is 1. The molecule has 2 aliphatic heterocycles. The van der Waals surface area contributed by atoms with E-state index in [0.29, 0.717) is 43.9 Å². The normalized spacial score (nSPS) is 21.6. The van der Waals surface area contributed by atoms with Gasteiger partial charge in [0, 0.05) is 45.2 Å². The highest BCUT2D eigenvalue weighted by Crippen LogP contribution is 2.29. The Hall–Kier alpha value is -2.13. The summed E-state index contributed by atoms with van der Waals surface area (Å²) in [6.07, 6.45) is 6.21. The van der Waals surface area contributed by atoms with E-state index in [1.807, 2.05) is 0 Å². The Morgan fingerprint density at radius 3 is 2.58 bits per heavy atom. The average molecular weight is 450 g/mol. The van der Waals surface area contributed by atoms with Gasteiger partial charge in [0.2, 0.25) is 15.9 Å². The fraction of sp³-hybridized carbons (Fsp3) is 0.636. The molecule has 0 unspecified atom stereocenters. The Kier molecular flexibility index (Phi) is 6.25. The lowest BCUT2D eigenvalue weighted by Gasteiger charge is -2.37. The maximum absolute atomic E-state index is 13.1. The molecule has 0 radical (unpaired) electrons. The van der Waals surface area contributed by atoms with E-state index in [2.05, 4.69) is 11.8 Å². The van der Waals surface area contributed by atoms with Crippen LogP contribution in [0.25, 0.3) is 11.1 Å². The minimum absolute atomic E-state index is 0.128. The number of hydrogen-bond donors (Lipinski definition) is 0. The van der Waals surface area contributed by atoms with E-state index in [1.165, 1.54) is 27.4 Å². The van der Waals surface area contributed by atoms with Crippen molar-refractivity contribution < 1.29 is 17.6 Å². The SMILES string of the molecule is CC[C@@H]1CCCCN1C(=O)CC1CCN(S(=O)(=O)c2ccc3c(c2)oc(=O)n3C)CC1. The predicted octanol–water partition coefficient (Wildman–Crippen LogP) is 2.71. The number of hydrogen-bond acceptors (Lipinski definition) is 5. The van der Waals surface area contributed by atoms with Gasteiger partial charge in [0.1, 0.15) is 0 Å². The lowest BCUT2D eigenvalue weighted by molar-refractivity contribution is -0.136. The molecule has 2 fully saturated rings. The van der Waals surface area contributed by atoms with Gasteiger partial charge in [-0.05, 0) is 56.6 Å². The molecule has 2 aliphatic rings. The number of carbonyl (C=O) groups is 1. The molecular formula is C22H31N3O5S. The Morgan fingerprint density at radius 1 is 1.13 bits per heavy atom. The number of carbonyl (C=O) groups excluding carboxylic acids is 1. The van der Waals surface area contributed by atoms with E-state index in [1.54, 1.807) is 13.1 Å². The lowest BCUT2D eigenvalue weighted by Crippen LogP contribution is -2.45. The second-order valence-corrected chi connectivity index (χ2v) is 10.7. The monoisotopic (exact) mass is 449 g/mol. The molecule has 1 aromatic heterocycles. The van der Waals surface area contributed by atoms with Crippen molar-refractivity contribution in [1.29, 1.82) is 0 Å². The zero-order chi connectivity index (χ0) is 22.2. The van der Waals surface area contributed by atoms with Crippen molar-refractivity contribution in [1.82, 2.24) is 13.8 Å². The summed E-state index contributed by atoms with van der Waals surface area (Å²) in [5.41, 5.74) is 0.824. The van der Waals surface area contributed by atoms with Gasteiger partial charge < -0.3 is 9.32 Å². The van der Waals surface area contributed by atoms with Crippen molar-refractivity contribution in [3.8, 4) is 0 Å². The molecule has 3 heterocycles. The Morgan fingerprint density at radius 2 is 1.87 bits per heavy atom. The van der Waals surface area contributed by atoms with E-state index in [4.69, 9.17) is 4.42 Å². The number of amides is 1. The van der Waals surface area contributed by atoms with Crippen LogP contribution >= 0.6 is 0 Å². The molecule has 0 bridgehead atoms. The van der Waals surface area contributed by atoms with Crippen LogP contribution in [0.2, 0.25) is 0 Å². The summed E-state index contributed by atoms with van der Waals surface area (Å²) in [7, 11) is -2.09. The smallest absolute Gasteiger partial charge is 0.408 e. The highest BCUT2D eigenvalue weighted by atomic mass is 32.2. The van der Waals surface area contributed by atoms with Crippen LogP contribution in [0.1, 0.15) is 51.9 Å². The van der Waals surface area contributed by atoms with Crippen molar-refractivity contribution in [2.24, 2.45) is 13.0 Å². The zero-order valence-corrected chi connectivity index (χ0v) is 19.1. The fourth-order valence-corrected chi connectivity index (χ4v) is 6.38. The quantitative estimate of drug-likeness (QED) is 0.700. The van der Waals surface area contributed by atoms with Gasteiger partial charge in [-0.25, -0.2) is 13.2 Å². The van der Waals surface area contributed by atoms with Crippen LogP contribution in [-0.2, 0) is 21.9 Å². The maximum Gasteiger partial charge on any atom is 0.419 e. The number of sulfonamides is 1. The van der Waals surface area contributed by atoms with Crippen LogP contribution in [0.5, 0.6) is 0 Å². The van der Waals surface area contributed by atoms with Gasteiger partial charge >= 0.3 is 5.76 Å². The van der Waals surface area contributed by atoms with E-state index in [-0.39, 0.29) is 22.3 Å². The molecule has 1 atom stereocenters. The van der Waals surface area contributed by atoms with Gasteiger partial charge in [0.25, 0.3) is 0 Å². The summed E-state index contributed by atoms with van der Waals surface area (Å²) >= 11 is 0. The van der Waals surface area contributed by atoms with Crippen molar-refractivity contribution >= 4 is 27.0 Å². The molecule has 0 spiro atoms. The summed E-state index contributed by atoms with van der Waals surface area (Å²) in [5.74, 6) is -0.0838. The summed E-state index contributed by atoms with van der Waals surface area (Å²) in [6.45, 7) is 3.78. The summed E-state index contributed by atoms with van der Waals surface area (Å²) in [4.78, 5) is 26.7. The number of likely N-dealkylation sites (tertiary alicyclic amines) is 1. The third-order valence-electron chi connectivity index (χ3n) is 6.86. The predicted molar refractivity (Wildman–Crippen MR) is 117 cm³/mol. The van der Waals surface area contributed by atoms with E-state index in [9.17, 15) is 18.0 Å². The maximum atomic E-state index is 13.1. The summed E-state index contributed by atoms with van der Waals surface area (Å²) < 4.78 is 34.2. The zero-order valence-electron chi connectivity index (χ0n) is 18.2. The molecule has 0 aliphatic carbocycles. The van der Waals surface area contributed by atoms with Crippen LogP contribution in [0.3, 0.4) is 0 Å². The number of rotatable bonds is 5. The van der Waals surface area contributed by atoms with Crippen LogP contribution in [0.15, 0.2) is 32.3 Å². The molecule has 1 aromatic carbocycles. The van der Waals surface area contributed by atoms with Gasteiger partial charge in [-0.15, -0.1) is 0 Å². The first-order valence-electron chi connectivity index (χ1n) is 11.2. The summed E-state index contributed by atoms with van der Waals surface area (Å²) in [5, 5.41) is 0. The van der Waals surface area contributed by atoms with Crippen molar-refractivity contribution in [3.63, 3.8) is 0 Å². The van der Waals surface area contributed by atoms with Crippen molar-refractivity contribution in [2.75, 3.05) is 19.6 Å². The van der Waals surface area contributed by atoms with E-state index >= 15 is 0 Å². The van der Waals surface area contributed by atoms with Gasteiger partial charge in [0.05, 0.1) is 10.4 Å². The minimum Gasteiger partial charge on any atom is -0.408 e. The fourth-order valence-electron chi connectivity index (χ4n) is 4.90. The van der Waals surface area contributed by atoms with Crippen molar-refractivity contribution in [3.05, 3.63) is 28.7 Å². The molecule has 2 saturated heterocycles. The van der Waals surface area contributed by atoms with Gasteiger partial charge in [-0.2, -0.15) is 4.31 Å². The van der Waals surface area contributed by atoms with E-state index in [0.717, 1.165) is 25.8 Å². The molecule has 0 saturated carbocycles. The second-order valence-electron chi connectivity index (χ2n) is 8.75. The number of fused-ring (bicyclic) bond motifs is 1. The molecule has 9 heteroatoms. The number of nitrogens with zero attached hydrogens (tertiary/aromatic N) is 3. The molecule has 4 rings (SSSR count). The Labute approximate surface area is 182 Å². The molecule has 1 amide bonds. The number of oxazole rings is 1. The van der Waals surface area contributed by atoms with Crippen LogP contribution in [0.4, 0.5) is 0 Å². The first kappa shape index (κ1) is 22.1. The lowest BCUT2D eigenvalue weighted by atomic mass is 9.92. The van der Waals surface area contributed by atoms with Gasteiger partial charge in [-0.3, -0.25) is 9.36 Å². The minimum atomic E-state index is -3.68. The van der Waals surface area contributed by atoms with Gasteiger partial charge in [0.15, 0.2) is 5.58 Å². The molecule has 31 heavy (non-hydrogen) atoms. The van der Waals surface area contributed by atoms with Crippen molar-refractivity contribution in [2.45, 2.75) is 62.8 Å².